The molecule has 0 aromatic rings. The van der Waals surface area contributed by atoms with Gasteiger partial charge in [0.1, 0.15) is 0 Å². The Hall–Kier alpha value is -1.06. The molecule has 2 N–H and O–H groups in total. The normalized spacial score (nSPS) is 11.6. The zero-order valence-corrected chi connectivity index (χ0v) is 12.1. The Morgan fingerprint density at radius 3 is 1.94 bits per heavy atom. The molecule has 0 heterocycles. The lowest BCUT2D eigenvalue weighted by Gasteiger charge is -2.32. The van der Waals surface area contributed by atoms with E-state index in [0.717, 1.165) is 12.8 Å². The largest absolute Gasteiger partial charge is 0.481 e. The Morgan fingerprint density at radius 2 is 1.61 bits per heavy atom. The summed E-state index contributed by atoms with van der Waals surface area (Å²) in [5, 5.41) is 11.9. The predicted molar refractivity (Wildman–Crippen MR) is 72.4 cm³/mol. The molecule has 0 aliphatic carbocycles. The quantitative estimate of drug-likeness (QED) is 0.667. The average Bonchev–Trinajstić information content (AvgIpc) is 2.34. The van der Waals surface area contributed by atoms with Gasteiger partial charge in [0.05, 0.1) is 6.42 Å². The standard InChI is InChI=1S/C14H27NO3/c1-5-11(6-2)9-12(16)15-14(7-3,8-4)10-13(17)18/h11H,5-10H2,1-4H3,(H,15,16)(H,17,18). The van der Waals surface area contributed by atoms with Gasteiger partial charge in [-0.05, 0) is 18.8 Å². The van der Waals surface area contributed by atoms with E-state index in [1.807, 2.05) is 13.8 Å². The molecule has 0 atom stereocenters. The van der Waals surface area contributed by atoms with Crippen LogP contribution in [-0.2, 0) is 9.59 Å². The number of carboxylic acids is 1. The van der Waals surface area contributed by atoms with E-state index in [9.17, 15) is 9.59 Å². The first-order valence-corrected chi connectivity index (χ1v) is 6.95. The van der Waals surface area contributed by atoms with Crippen LogP contribution in [0, 0.1) is 5.92 Å². The van der Waals surface area contributed by atoms with E-state index in [0.29, 0.717) is 25.2 Å². The molecule has 4 nitrogen and oxygen atoms in total. The number of hydrogen-bond donors (Lipinski definition) is 2. The highest BCUT2D eigenvalue weighted by Gasteiger charge is 2.31. The molecule has 1 amide bonds. The topological polar surface area (TPSA) is 66.4 Å². The Bertz CT molecular complexity index is 268. The van der Waals surface area contributed by atoms with Gasteiger partial charge in [0.25, 0.3) is 0 Å². The Kier molecular flexibility index (Phi) is 7.64. The van der Waals surface area contributed by atoms with Crippen molar-refractivity contribution in [2.75, 3.05) is 0 Å². The zero-order valence-electron chi connectivity index (χ0n) is 12.1. The van der Waals surface area contributed by atoms with Crippen LogP contribution in [0.1, 0.15) is 66.2 Å². The molecule has 18 heavy (non-hydrogen) atoms. The highest BCUT2D eigenvalue weighted by molar-refractivity contribution is 5.78. The predicted octanol–water partition coefficient (Wildman–Crippen LogP) is 2.96. The molecule has 0 aromatic heterocycles. The number of amides is 1. The van der Waals surface area contributed by atoms with Gasteiger partial charge in [-0.2, -0.15) is 0 Å². The van der Waals surface area contributed by atoms with Crippen molar-refractivity contribution in [2.24, 2.45) is 5.92 Å². The van der Waals surface area contributed by atoms with Gasteiger partial charge in [-0.25, -0.2) is 0 Å². The summed E-state index contributed by atoms with van der Waals surface area (Å²) in [6, 6.07) is 0. The summed E-state index contributed by atoms with van der Waals surface area (Å²) in [6.45, 7) is 7.99. The van der Waals surface area contributed by atoms with Crippen molar-refractivity contribution in [3.8, 4) is 0 Å². The summed E-state index contributed by atoms with van der Waals surface area (Å²) < 4.78 is 0. The summed E-state index contributed by atoms with van der Waals surface area (Å²) in [5.74, 6) is -0.489. The number of nitrogens with one attached hydrogen (secondary N) is 1. The summed E-state index contributed by atoms with van der Waals surface area (Å²) >= 11 is 0. The third-order valence-corrected chi connectivity index (χ3v) is 3.88. The molecule has 0 radical (unpaired) electrons. The van der Waals surface area contributed by atoms with Gasteiger partial charge in [-0.3, -0.25) is 9.59 Å². The molecular weight excluding hydrogens is 230 g/mol. The van der Waals surface area contributed by atoms with Gasteiger partial charge in [-0.1, -0.05) is 40.5 Å². The Labute approximate surface area is 110 Å². The fourth-order valence-corrected chi connectivity index (χ4v) is 2.20. The van der Waals surface area contributed by atoms with Crippen LogP contribution < -0.4 is 5.32 Å². The first-order valence-electron chi connectivity index (χ1n) is 6.95. The second kappa shape index (κ2) is 8.11. The second-order valence-corrected chi connectivity index (χ2v) is 4.99. The molecule has 0 rings (SSSR count). The summed E-state index contributed by atoms with van der Waals surface area (Å²) in [4.78, 5) is 22.9. The zero-order chi connectivity index (χ0) is 14.2. The van der Waals surface area contributed by atoms with Gasteiger partial charge >= 0.3 is 5.97 Å². The second-order valence-electron chi connectivity index (χ2n) is 4.99. The molecule has 106 valence electrons. The molecule has 0 aliphatic rings. The molecular formula is C14H27NO3. The van der Waals surface area contributed by atoms with Crippen LogP contribution >= 0.6 is 0 Å². The molecule has 4 heteroatoms. The van der Waals surface area contributed by atoms with Gasteiger partial charge < -0.3 is 10.4 Å². The van der Waals surface area contributed by atoms with Crippen molar-refractivity contribution < 1.29 is 14.7 Å². The number of rotatable bonds is 9. The maximum Gasteiger partial charge on any atom is 0.305 e. The van der Waals surface area contributed by atoms with Gasteiger partial charge in [0.15, 0.2) is 0 Å². The molecule has 0 saturated heterocycles. The summed E-state index contributed by atoms with van der Waals surface area (Å²) in [5.41, 5.74) is -0.588. The third kappa shape index (κ3) is 5.52. The molecule has 0 bridgehead atoms. The summed E-state index contributed by atoms with van der Waals surface area (Å²) in [7, 11) is 0. The minimum Gasteiger partial charge on any atom is -0.481 e. The molecule has 0 fully saturated rings. The minimum atomic E-state index is -0.860. The van der Waals surface area contributed by atoms with Crippen LogP contribution in [-0.4, -0.2) is 22.5 Å². The van der Waals surface area contributed by atoms with Crippen molar-refractivity contribution in [2.45, 2.75) is 71.8 Å². The van der Waals surface area contributed by atoms with E-state index in [1.54, 1.807) is 0 Å². The van der Waals surface area contributed by atoms with Crippen molar-refractivity contribution in [3.63, 3.8) is 0 Å². The molecule has 0 saturated carbocycles. The average molecular weight is 257 g/mol. The number of hydrogen-bond acceptors (Lipinski definition) is 2. The van der Waals surface area contributed by atoms with Gasteiger partial charge in [-0.15, -0.1) is 0 Å². The molecule has 0 aliphatic heterocycles. The highest BCUT2D eigenvalue weighted by Crippen LogP contribution is 2.21. The van der Waals surface area contributed by atoms with E-state index < -0.39 is 11.5 Å². The Morgan fingerprint density at radius 1 is 1.11 bits per heavy atom. The number of carbonyl (C=O) groups is 2. The smallest absolute Gasteiger partial charge is 0.305 e. The van der Waals surface area contributed by atoms with Crippen molar-refractivity contribution in [1.29, 1.82) is 0 Å². The fraction of sp³-hybridized carbons (Fsp3) is 0.857. The van der Waals surface area contributed by atoms with E-state index in [1.165, 1.54) is 0 Å². The maximum absolute atomic E-state index is 12.0. The maximum atomic E-state index is 12.0. The third-order valence-electron chi connectivity index (χ3n) is 3.88. The fourth-order valence-electron chi connectivity index (χ4n) is 2.20. The highest BCUT2D eigenvalue weighted by atomic mass is 16.4. The Balaban J connectivity index is 4.57. The van der Waals surface area contributed by atoms with Gasteiger partial charge in [0, 0.05) is 12.0 Å². The van der Waals surface area contributed by atoms with Crippen LogP contribution in [0.15, 0.2) is 0 Å². The first kappa shape index (κ1) is 16.9. The number of aliphatic carboxylic acids is 1. The monoisotopic (exact) mass is 257 g/mol. The van der Waals surface area contributed by atoms with Gasteiger partial charge in [0.2, 0.25) is 5.91 Å². The van der Waals surface area contributed by atoms with Crippen LogP contribution in [0.2, 0.25) is 0 Å². The summed E-state index contributed by atoms with van der Waals surface area (Å²) in [6.07, 6.45) is 3.74. The molecule has 0 spiro atoms. The van der Waals surface area contributed by atoms with E-state index in [-0.39, 0.29) is 12.3 Å². The van der Waals surface area contributed by atoms with Crippen LogP contribution in [0.3, 0.4) is 0 Å². The molecule has 0 aromatic carbocycles. The van der Waals surface area contributed by atoms with Crippen molar-refractivity contribution in [3.05, 3.63) is 0 Å². The number of carboxylic acid groups (broad SMARTS) is 1. The van der Waals surface area contributed by atoms with E-state index >= 15 is 0 Å². The van der Waals surface area contributed by atoms with Crippen molar-refractivity contribution in [1.82, 2.24) is 5.32 Å². The van der Waals surface area contributed by atoms with E-state index in [2.05, 4.69) is 19.2 Å². The minimum absolute atomic E-state index is 0.00530. The van der Waals surface area contributed by atoms with Crippen LogP contribution in [0.25, 0.3) is 0 Å². The molecule has 0 unspecified atom stereocenters. The van der Waals surface area contributed by atoms with E-state index in [4.69, 9.17) is 5.11 Å². The van der Waals surface area contributed by atoms with Crippen LogP contribution in [0.5, 0.6) is 0 Å². The van der Waals surface area contributed by atoms with Crippen molar-refractivity contribution >= 4 is 11.9 Å². The lowest BCUT2D eigenvalue weighted by molar-refractivity contribution is -0.139. The number of carbonyl (C=O) groups excluding carboxylic acids is 1. The SMILES string of the molecule is CCC(CC)CC(=O)NC(CC)(CC)CC(=O)O. The lowest BCUT2D eigenvalue weighted by atomic mass is 9.88. The first-order chi connectivity index (χ1) is 8.42. The lowest BCUT2D eigenvalue weighted by Crippen LogP contribution is -2.49. The van der Waals surface area contributed by atoms with Crippen LogP contribution in [0.4, 0.5) is 0 Å².